The molecule has 0 saturated heterocycles. The largest absolute Gasteiger partial charge is 0.494 e. The summed E-state index contributed by atoms with van der Waals surface area (Å²) < 4.78 is 10.5. The number of rotatable bonds is 11. The maximum absolute atomic E-state index is 12.3. The third kappa shape index (κ3) is 8.34. The molecule has 0 aliphatic rings. The van der Waals surface area contributed by atoms with Crippen LogP contribution >= 0.6 is 0 Å². The van der Waals surface area contributed by atoms with E-state index in [2.05, 4.69) is 10.6 Å². The molecular formula is C23H28N2O5. The van der Waals surface area contributed by atoms with Crippen molar-refractivity contribution >= 4 is 23.5 Å². The van der Waals surface area contributed by atoms with Crippen molar-refractivity contribution in [3.8, 4) is 5.75 Å². The van der Waals surface area contributed by atoms with Crippen molar-refractivity contribution in [2.75, 3.05) is 25.1 Å². The average Bonchev–Trinajstić information content (AvgIpc) is 2.74. The van der Waals surface area contributed by atoms with E-state index in [4.69, 9.17) is 9.47 Å². The minimum atomic E-state index is -0.506. The van der Waals surface area contributed by atoms with E-state index in [9.17, 15) is 14.4 Å². The van der Waals surface area contributed by atoms with Crippen molar-refractivity contribution < 1.29 is 23.9 Å². The van der Waals surface area contributed by atoms with Gasteiger partial charge in [0.05, 0.1) is 17.9 Å². The molecule has 160 valence electrons. The lowest BCUT2D eigenvalue weighted by atomic mass is 10.1. The molecular weight excluding hydrogens is 384 g/mol. The van der Waals surface area contributed by atoms with Gasteiger partial charge in [-0.05, 0) is 36.6 Å². The van der Waals surface area contributed by atoms with Gasteiger partial charge in [0.1, 0.15) is 5.75 Å². The first kappa shape index (κ1) is 22.9. The summed E-state index contributed by atoms with van der Waals surface area (Å²) in [5.74, 6) is -0.206. The van der Waals surface area contributed by atoms with Gasteiger partial charge in [0, 0.05) is 13.0 Å². The number of carbonyl (C=O) groups is 3. The zero-order chi connectivity index (χ0) is 21.8. The summed E-state index contributed by atoms with van der Waals surface area (Å²) >= 11 is 0. The van der Waals surface area contributed by atoms with E-state index < -0.39 is 18.5 Å². The van der Waals surface area contributed by atoms with Gasteiger partial charge >= 0.3 is 5.97 Å². The van der Waals surface area contributed by atoms with E-state index in [1.54, 1.807) is 24.3 Å². The first-order chi connectivity index (χ1) is 14.5. The van der Waals surface area contributed by atoms with Crippen molar-refractivity contribution in [1.82, 2.24) is 5.32 Å². The normalized spacial score (nSPS) is 10.4. The van der Waals surface area contributed by atoms with Gasteiger partial charge < -0.3 is 20.1 Å². The van der Waals surface area contributed by atoms with Crippen LogP contribution in [0.1, 0.15) is 37.0 Å². The van der Waals surface area contributed by atoms with Gasteiger partial charge in [-0.2, -0.15) is 0 Å². The number of benzene rings is 2. The van der Waals surface area contributed by atoms with Crippen molar-refractivity contribution in [1.29, 1.82) is 0 Å². The molecule has 0 aliphatic heterocycles. The van der Waals surface area contributed by atoms with Crippen LogP contribution in [0.4, 0.5) is 5.69 Å². The van der Waals surface area contributed by atoms with Gasteiger partial charge in [-0.25, -0.2) is 0 Å². The molecule has 0 saturated carbocycles. The highest BCUT2D eigenvalue weighted by Gasteiger charge is 2.14. The lowest BCUT2D eigenvalue weighted by Crippen LogP contribution is -2.29. The Bertz CT molecular complexity index is 836. The lowest BCUT2D eigenvalue weighted by molar-refractivity contribution is -0.147. The maximum Gasteiger partial charge on any atom is 0.306 e. The summed E-state index contributed by atoms with van der Waals surface area (Å²) in [6.07, 6.45) is 0.627. The molecule has 0 aromatic heterocycles. The van der Waals surface area contributed by atoms with Crippen LogP contribution in [0.25, 0.3) is 0 Å². The molecule has 2 N–H and O–H groups in total. The molecule has 0 radical (unpaired) electrons. The second kappa shape index (κ2) is 12.3. The van der Waals surface area contributed by atoms with Crippen molar-refractivity contribution in [2.45, 2.75) is 26.7 Å². The van der Waals surface area contributed by atoms with E-state index in [1.165, 1.54) is 0 Å². The summed E-state index contributed by atoms with van der Waals surface area (Å²) in [7, 11) is 0. The highest BCUT2D eigenvalue weighted by molar-refractivity contribution is 6.04. The van der Waals surface area contributed by atoms with E-state index in [-0.39, 0.29) is 12.3 Å². The van der Waals surface area contributed by atoms with E-state index >= 15 is 0 Å². The molecule has 7 heteroatoms. The number of ether oxygens (including phenoxy) is 2. The van der Waals surface area contributed by atoms with E-state index in [1.807, 2.05) is 44.2 Å². The molecule has 2 aromatic carbocycles. The topological polar surface area (TPSA) is 93.7 Å². The third-order valence-electron chi connectivity index (χ3n) is 4.02. The Labute approximate surface area is 176 Å². The molecule has 2 aromatic rings. The Hall–Kier alpha value is -3.35. The standard InChI is InChI=1S/C23H28N2O5/c1-17(2)15-24-23(28)19-11-6-7-12-20(19)25-21(26)16-30-22(27)13-8-14-29-18-9-4-3-5-10-18/h3-7,9-12,17H,8,13-16H2,1-2H3,(H,24,28)(H,25,26). The van der Waals surface area contributed by atoms with Crippen LogP contribution in [-0.4, -0.2) is 37.5 Å². The number of hydrogen-bond donors (Lipinski definition) is 2. The highest BCUT2D eigenvalue weighted by atomic mass is 16.5. The van der Waals surface area contributed by atoms with Gasteiger partial charge in [-0.1, -0.05) is 44.2 Å². The Morgan fingerprint density at radius 3 is 2.40 bits per heavy atom. The van der Waals surface area contributed by atoms with Crippen LogP contribution in [0, 0.1) is 5.92 Å². The molecule has 0 atom stereocenters. The fraction of sp³-hybridized carbons (Fsp3) is 0.348. The second-order valence-electron chi connectivity index (χ2n) is 7.12. The fourth-order valence-electron chi connectivity index (χ4n) is 2.51. The fourth-order valence-corrected chi connectivity index (χ4v) is 2.51. The number of carbonyl (C=O) groups excluding carboxylic acids is 3. The molecule has 0 aliphatic carbocycles. The minimum Gasteiger partial charge on any atom is -0.494 e. The molecule has 0 fully saturated rings. The molecule has 2 amide bonds. The summed E-state index contributed by atoms with van der Waals surface area (Å²) in [6.45, 7) is 4.49. The molecule has 0 heterocycles. The number of anilines is 1. The molecule has 30 heavy (non-hydrogen) atoms. The molecule has 0 unspecified atom stereocenters. The number of nitrogens with one attached hydrogen (secondary N) is 2. The van der Waals surface area contributed by atoms with E-state index in [0.29, 0.717) is 36.7 Å². The smallest absolute Gasteiger partial charge is 0.306 e. The third-order valence-corrected chi connectivity index (χ3v) is 4.02. The quantitative estimate of drug-likeness (QED) is 0.436. The van der Waals surface area contributed by atoms with Crippen LogP contribution in [-0.2, 0) is 14.3 Å². The van der Waals surface area contributed by atoms with Crippen LogP contribution in [0.3, 0.4) is 0 Å². The van der Waals surface area contributed by atoms with Crippen molar-refractivity contribution in [3.05, 3.63) is 60.2 Å². The predicted molar refractivity (Wildman–Crippen MR) is 114 cm³/mol. The zero-order valence-electron chi connectivity index (χ0n) is 17.4. The number of hydrogen-bond acceptors (Lipinski definition) is 5. The minimum absolute atomic E-state index is 0.147. The first-order valence-electron chi connectivity index (χ1n) is 9.96. The lowest BCUT2D eigenvalue weighted by Gasteiger charge is -2.12. The molecule has 7 nitrogen and oxygen atoms in total. The number of esters is 1. The number of para-hydroxylation sites is 2. The van der Waals surface area contributed by atoms with Gasteiger partial charge in [0.25, 0.3) is 11.8 Å². The van der Waals surface area contributed by atoms with Gasteiger partial charge in [0.2, 0.25) is 0 Å². The van der Waals surface area contributed by atoms with Gasteiger partial charge in [-0.15, -0.1) is 0 Å². The first-order valence-corrected chi connectivity index (χ1v) is 9.96. The maximum atomic E-state index is 12.3. The molecule has 2 rings (SSSR count). The van der Waals surface area contributed by atoms with Crippen molar-refractivity contribution in [3.63, 3.8) is 0 Å². The van der Waals surface area contributed by atoms with Gasteiger partial charge in [-0.3, -0.25) is 14.4 Å². The van der Waals surface area contributed by atoms with E-state index in [0.717, 1.165) is 5.75 Å². The number of amides is 2. The van der Waals surface area contributed by atoms with Crippen LogP contribution < -0.4 is 15.4 Å². The van der Waals surface area contributed by atoms with Gasteiger partial charge in [0.15, 0.2) is 6.61 Å². The Morgan fingerprint density at radius 1 is 0.967 bits per heavy atom. The predicted octanol–water partition coefficient (Wildman–Crippen LogP) is 3.41. The summed E-state index contributed by atoms with van der Waals surface area (Å²) in [4.78, 5) is 36.2. The highest BCUT2D eigenvalue weighted by Crippen LogP contribution is 2.15. The zero-order valence-corrected chi connectivity index (χ0v) is 17.4. The molecule has 0 spiro atoms. The average molecular weight is 412 g/mol. The summed E-state index contributed by atoms with van der Waals surface area (Å²) in [5.41, 5.74) is 0.729. The second-order valence-corrected chi connectivity index (χ2v) is 7.12. The summed E-state index contributed by atoms with van der Waals surface area (Å²) in [6, 6.07) is 16.0. The van der Waals surface area contributed by atoms with Crippen LogP contribution in [0.15, 0.2) is 54.6 Å². The summed E-state index contributed by atoms with van der Waals surface area (Å²) in [5, 5.41) is 5.44. The SMILES string of the molecule is CC(C)CNC(=O)c1ccccc1NC(=O)COC(=O)CCCOc1ccccc1. The van der Waals surface area contributed by atoms with Crippen LogP contribution in [0.2, 0.25) is 0 Å². The van der Waals surface area contributed by atoms with Crippen molar-refractivity contribution in [2.24, 2.45) is 5.92 Å². The van der Waals surface area contributed by atoms with Crippen LogP contribution in [0.5, 0.6) is 5.75 Å². The Balaban J connectivity index is 1.72. The molecule has 0 bridgehead atoms. The Kier molecular flexibility index (Phi) is 9.37. The Morgan fingerprint density at radius 2 is 1.67 bits per heavy atom. The monoisotopic (exact) mass is 412 g/mol.